The number of anilines is 2. The van der Waals surface area contributed by atoms with Gasteiger partial charge in [0, 0.05) is 19.5 Å². The van der Waals surface area contributed by atoms with Gasteiger partial charge in [-0.2, -0.15) is 18.2 Å². The van der Waals surface area contributed by atoms with Crippen LogP contribution in [0.4, 0.5) is 24.7 Å². The topological polar surface area (TPSA) is 122 Å². The first-order chi connectivity index (χ1) is 16.0. The Morgan fingerprint density at radius 2 is 1.79 bits per heavy atom. The Hall–Kier alpha value is -3.70. The van der Waals surface area contributed by atoms with Crippen LogP contribution in [0.2, 0.25) is 0 Å². The molecule has 0 aliphatic carbocycles. The average molecular weight is 480 g/mol. The number of carbonyl (C=O) groups is 3. The number of ketones is 1. The molecule has 2 N–H and O–H groups in total. The van der Waals surface area contributed by atoms with Crippen LogP contribution in [0, 0.1) is 5.92 Å². The Kier molecular flexibility index (Phi) is 7.69. The van der Waals surface area contributed by atoms with E-state index >= 15 is 0 Å². The number of aliphatic carboxylic acids is 1. The number of nitrogens with one attached hydrogen (secondary N) is 1. The van der Waals surface area contributed by atoms with Gasteiger partial charge in [0.1, 0.15) is 23.5 Å². The van der Waals surface area contributed by atoms with Crippen molar-refractivity contribution in [3.63, 3.8) is 0 Å². The van der Waals surface area contributed by atoms with E-state index in [4.69, 9.17) is 4.74 Å². The predicted molar refractivity (Wildman–Crippen MR) is 115 cm³/mol. The average Bonchev–Trinajstić information content (AvgIpc) is 2.79. The number of halogens is 3. The minimum atomic E-state index is -5.15. The molecule has 1 saturated heterocycles. The van der Waals surface area contributed by atoms with Crippen molar-refractivity contribution in [1.29, 1.82) is 0 Å². The van der Waals surface area contributed by atoms with Crippen LogP contribution < -0.4 is 15.0 Å². The number of piperidine rings is 1. The van der Waals surface area contributed by atoms with Crippen LogP contribution >= 0.6 is 0 Å². The maximum Gasteiger partial charge on any atom is 0.471 e. The monoisotopic (exact) mass is 480 g/mol. The number of alkyl halides is 3. The van der Waals surface area contributed by atoms with Gasteiger partial charge < -0.3 is 24.9 Å². The summed E-state index contributed by atoms with van der Waals surface area (Å²) in [5.74, 6) is -3.71. The summed E-state index contributed by atoms with van der Waals surface area (Å²) < 4.78 is 44.6. The van der Waals surface area contributed by atoms with E-state index in [1.807, 2.05) is 0 Å². The van der Waals surface area contributed by atoms with Gasteiger partial charge in [0.05, 0.1) is 5.92 Å². The van der Waals surface area contributed by atoms with Gasteiger partial charge in [-0.1, -0.05) is 12.1 Å². The Bertz CT molecular complexity index is 1050. The number of nitrogens with zero attached hydrogens (tertiary/aromatic N) is 3. The summed E-state index contributed by atoms with van der Waals surface area (Å²) >= 11 is 0. The zero-order valence-electron chi connectivity index (χ0n) is 18.3. The number of rotatable bonds is 8. The molecule has 0 radical (unpaired) electrons. The van der Waals surface area contributed by atoms with Crippen LogP contribution in [0.15, 0.2) is 30.6 Å². The molecule has 3 rings (SSSR count). The molecular formula is C22H23F3N4O5. The summed E-state index contributed by atoms with van der Waals surface area (Å²) in [6.07, 6.45) is -2.61. The Balaban J connectivity index is 1.87. The highest BCUT2D eigenvalue weighted by atomic mass is 19.4. The van der Waals surface area contributed by atoms with E-state index in [9.17, 15) is 32.7 Å². The molecule has 2 aromatic rings. The normalized spacial score (nSPS) is 14.5. The smallest absolute Gasteiger partial charge is 0.471 e. The van der Waals surface area contributed by atoms with Crippen molar-refractivity contribution in [2.24, 2.45) is 5.92 Å². The number of hydrogen-bond donors (Lipinski definition) is 2. The highest BCUT2D eigenvalue weighted by molar-refractivity contribution is 5.98. The van der Waals surface area contributed by atoms with Crippen LogP contribution in [0.3, 0.4) is 0 Å². The molecule has 0 atom stereocenters. The van der Waals surface area contributed by atoms with E-state index in [2.05, 4.69) is 9.97 Å². The van der Waals surface area contributed by atoms with E-state index in [1.54, 1.807) is 34.5 Å². The minimum Gasteiger partial charge on any atom is -0.481 e. The van der Waals surface area contributed by atoms with E-state index in [-0.39, 0.29) is 54.8 Å². The number of amides is 1. The number of hydrogen-bond acceptors (Lipinski definition) is 7. The SMILES string of the molecule is CC(=O)CCc1ccc(Oc2ncnc(N3CCC(C(=O)O)CC3)c2NC(=O)C(F)(F)F)cc1. The van der Waals surface area contributed by atoms with Gasteiger partial charge in [0.2, 0.25) is 5.88 Å². The highest BCUT2D eigenvalue weighted by Gasteiger charge is 2.40. The van der Waals surface area contributed by atoms with Gasteiger partial charge in [-0.15, -0.1) is 0 Å². The van der Waals surface area contributed by atoms with Crippen molar-refractivity contribution in [3.8, 4) is 11.6 Å². The largest absolute Gasteiger partial charge is 0.481 e. The van der Waals surface area contributed by atoms with Crippen LogP contribution in [0.1, 0.15) is 31.7 Å². The first-order valence-corrected chi connectivity index (χ1v) is 10.5. The fraction of sp³-hybridized carbons (Fsp3) is 0.409. The second kappa shape index (κ2) is 10.5. The zero-order chi connectivity index (χ0) is 24.9. The molecule has 182 valence electrons. The molecule has 34 heavy (non-hydrogen) atoms. The van der Waals surface area contributed by atoms with Crippen LogP contribution in [-0.2, 0) is 20.8 Å². The Morgan fingerprint density at radius 1 is 1.15 bits per heavy atom. The molecular weight excluding hydrogens is 457 g/mol. The van der Waals surface area contributed by atoms with Crippen molar-refractivity contribution < 1.29 is 37.4 Å². The maximum absolute atomic E-state index is 13.0. The third-order valence-electron chi connectivity index (χ3n) is 5.34. The third-order valence-corrected chi connectivity index (χ3v) is 5.34. The van der Waals surface area contributed by atoms with Crippen LogP contribution in [0.5, 0.6) is 11.6 Å². The number of ether oxygens (including phenoxy) is 1. The number of Topliss-reactive ketones (excluding diaryl/α,β-unsaturated/α-hetero) is 1. The second-order valence-corrected chi connectivity index (χ2v) is 7.88. The van der Waals surface area contributed by atoms with Gasteiger partial charge in [-0.05, 0) is 43.9 Å². The van der Waals surface area contributed by atoms with Gasteiger partial charge >= 0.3 is 18.1 Å². The maximum atomic E-state index is 13.0. The molecule has 2 heterocycles. The molecule has 9 nitrogen and oxygen atoms in total. The molecule has 1 aliphatic rings. The number of aromatic nitrogens is 2. The first kappa shape index (κ1) is 24.9. The fourth-order valence-corrected chi connectivity index (χ4v) is 3.47. The van der Waals surface area contributed by atoms with E-state index in [0.717, 1.165) is 11.9 Å². The number of carboxylic acids is 1. The number of carboxylic acid groups (broad SMARTS) is 1. The summed E-state index contributed by atoms with van der Waals surface area (Å²) in [5, 5.41) is 11.0. The van der Waals surface area contributed by atoms with Gasteiger partial charge in [0.25, 0.3) is 0 Å². The predicted octanol–water partition coefficient (Wildman–Crippen LogP) is 3.59. The summed E-state index contributed by atoms with van der Waals surface area (Å²) in [6, 6.07) is 6.58. The molecule has 0 bridgehead atoms. The quantitative estimate of drug-likeness (QED) is 0.588. The molecule has 0 unspecified atom stereocenters. The van der Waals surface area contributed by atoms with Gasteiger partial charge in [-0.3, -0.25) is 9.59 Å². The summed E-state index contributed by atoms with van der Waals surface area (Å²) in [6.45, 7) is 1.92. The molecule has 0 spiro atoms. The molecule has 1 aromatic carbocycles. The van der Waals surface area contributed by atoms with Crippen molar-refractivity contribution in [1.82, 2.24) is 9.97 Å². The summed E-state index contributed by atoms with van der Waals surface area (Å²) in [4.78, 5) is 43.6. The lowest BCUT2D eigenvalue weighted by atomic mass is 9.97. The van der Waals surface area contributed by atoms with Gasteiger partial charge in [0.15, 0.2) is 5.82 Å². The van der Waals surface area contributed by atoms with Gasteiger partial charge in [-0.25, -0.2) is 4.98 Å². The molecule has 1 fully saturated rings. The molecule has 1 aromatic heterocycles. The molecule has 1 aliphatic heterocycles. The number of carbonyl (C=O) groups excluding carboxylic acids is 2. The number of aryl methyl sites for hydroxylation is 1. The standard InChI is InChI=1S/C22H23F3N4O5/c1-13(30)2-3-14-4-6-16(7-5-14)34-19-17(28-21(33)22(23,24)25)18(26-12-27-19)29-10-8-15(9-11-29)20(31)32/h4-7,12,15H,2-3,8-11H2,1H3,(H,28,33)(H,31,32). The van der Waals surface area contributed by atoms with E-state index in [1.165, 1.54) is 6.92 Å². The number of benzene rings is 1. The first-order valence-electron chi connectivity index (χ1n) is 10.5. The lowest BCUT2D eigenvalue weighted by Crippen LogP contribution is -2.38. The van der Waals surface area contributed by atoms with Crippen LogP contribution in [0.25, 0.3) is 0 Å². The fourth-order valence-electron chi connectivity index (χ4n) is 3.47. The minimum absolute atomic E-state index is 0.00418. The third kappa shape index (κ3) is 6.42. The van der Waals surface area contributed by atoms with Crippen molar-refractivity contribution in [2.45, 2.75) is 38.8 Å². The van der Waals surface area contributed by atoms with E-state index in [0.29, 0.717) is 12.8 Å². The lowest BCUT2D eigenvalue weighted by Gasteiger charge is -2.32. The zero-order valence-corrected chi connectivity index (χ0v) is 18.3. The lowest BCUT2D eigenvalue weighted by molar-refractivity contribution is -0.167. The highest BCUT2D eigenvalue weighted by Crippen LogP contribution is 2.37. The van der Waals surface area contributed by atoms with Crippen LogP contribution in [-0.4, -0.2) is 52.0 Å². The summed E-state index contributed by atoms with van der Waals surface area (Å²) in [7, 11) is 0. The molecule has 12 heteroatoms. The molecule has 0 saturated carbocycles. The Morgan fingerprint density at radius 3 is 2.35 bits per heavy atom. The van der Waals surface area contributed by atoms with Crippen molar-refractivity contribution >= 4 is 29.2 Å². The van der Waals surface area contributed by atoms with Crippen molar-refractivity contribution in [2.75, 3.05) is 23.3 Å². The summed E-state index contributed by atoms with van der Waals surface area (Å²) in [5.41, 5.74) is 0.511. The Labute approximate surface area is 192 Å². The van der Waals surface area contributed by atoms with Crippen molar-refractivity contribution in [3.05, 3.63) is 36.2 Å². The second-order valence-electron chi connectivity index (χ2n) is 7.88. The molecule has 1 amide bonds. The van der Waals surface area contributed by atoms with E-state index < -0.39 is 24.0 Å².